The number of ether oxygens (including phenoxy) is 1. The number of rotatable bonds is 4. The zero-order valence-corrected chi connectivity index (χ0v) is 12.3. The van der Waals surface area contributed by atoms with Crippen molar-refractivity contribution in [3.05, 3.63) is 36.8 Å². The molecule has 1 saturated heterocycles. The van der Waals surface area contributed by atoms with Crippen molar-refractivity contribution in [3.8, 4) is 5.75 Å². The Kier molecular flexibility index (Phi) is 3.85. The van der Waals surface area contributed by atoms with Crippen LogP contribution in [0, 0.1) is 0 Å². The van der Waals surface area contributed by atoms with E-state index in [1.165, 1.54) is 0 Å². The van der Waals surface area contributed by atoms with Gasteiger partial charge < -0.3 is 14.5 Å². The van der Waals surface area contributed by atoms with Gasteiger partial charge in [0.15, 0.2) is 11.6 Å². The van der Waals surface area contributed by atoms with Crippen LogP contribution in [-0.4, -0.2) is 48.2 Å². The highest BCUT2D eigenvalue weighted by molar-refractivity contribution is 5.51. The Morgan fingerprint density at radius 3 is 2.67 bits per heavy atom. The average Bonchev–Trinajstić information content (AvgIpc) is 2.97. The maximum absolute atomic E-state index is 6.12. The molecule has 0 N–H and O–H groups in total. The van der Waals surface area contributed by atoms with Gasteiger partial charge in [-0.25, -0.2) is 15.0 Å². The molecular formula is C15H19N5O. The number of hydrogen-bond donors (Lipinski definition) is 0. The minimum absolute atomic E-state index is 0.136. The molecule has 2 aromatic heterocycles. The Hall–Kier alpha value is -2.37. The van der Waals surface area contributed by atoms with Crippen LogP contribution in [-0.2, 0) is 0 Å². The third-order valence-electron chi connectivity index (χ3n) is 3.45. The number of nitrogens with zero attached hydrogens (tertiary/aromatic N) is 5. The monoisotopic (exact) mass is 285 g/mol. The lowest BCUT2D eigenvalue weighted by molar-refractivity contribution is 0.225. The zero-order chi connectivity index (χ0) is 14.7. The quantitative estimate of drug-likeness (QED) is 0.850. The van der Waals surface area contributed by atoms with Crippen molar-refractivity contribution in [2.75, 3.05) is 37.0 Å². The molecule has 6 nitrogen and oxygen atoms in total. The normalized spacial score (nSPS) is 17.8. The van der Waals surface area contributed by atoms with Crippen LogP contribution in [0.4, 0.5) is 11.8 Å². The third-order valence-corrected chi connectivity index (χ3v) is 3.45. The summed E-state index contributed by atoms with van der Waals surface area (Å²) in [6, 6.07) is 5.69. The summed E-state index contributed by atoms with van der Waals surface area (Å²) in [5.74, 6) is 2.44. The van der Waals surface area contributed by atoms with Crippen LogP contribution in [0.1, 0.15) is 6.42 Å². The number of aromatic nitrogens is 3. The Morgan fingerprint density at radius 2 is 1.90 bits per heavy atom. The Bertz CT molecular complexity index is 590. The van der Waals surface area contributed by atoms with Crippen molar-refractivity contribution in [2.24, 2.45) is 0 Å². The SMILES string of the molecule is CN(C)c1ncccc1OC1CCN(c2ncccn2)C1. The molecule has 3 heterocycles. The highest BCUT2D eigenvalue weighted by Gasteiger charge is 2.26. The largest absolute Gasteiger partial charge is 0.485 e. The van der Waals surface area contributed by atoms with E-state index in [1.54, 1.807) is 18.6 Å². The maximum Gasteiger partial charge on any atom is 0.225 e. The Morgan fingerprint density at radius 1 is 1.14 bits per heavy atom. The van der Waals surface area contributed by atoms with Gasteiger partial charge in [-0.2, -0.15) is 0 Å². The summed E-state index contributed by atoms with van der Waals surface area (Å²) in [6.07, 6.45) is 6.40. The summed E-state index contributed by atoms with van der Waals surface area (Å²) in [4.78, 5) is 17.0. The predicted octanol–water partition coefficient (Wildman–Crippen LogP) is 1.60. The fourth-order valence-electron chi connectivity index (χ4n) is 2.45. The first kappa shape index (κ1) is 13.6. The van der Waals surface area contributed by atoms with Gasteiger partial charge in [0.2, 0.25) is 5.95 Å². The first-order valence-corrected chi connectivity index (χ1v) is 7.05. The summed E-state index contributed by atoms with van der Waals surface area (Å²) >= 11 is 0. The van der Waals surface area contributed by atoms with E-state index in [9.17, 15) is 0 Å². The van der Waals surface area contributed by atoms with Crippen molar-refractivity contribution in [1.29, 1.82) is 0 Å². The van der Waals surface area contributed by atoms with Gasteiger partial charge in [-0.05, 0) is 18.2 Å². The summed E-state index contributed by atoms with van der Waals surface area (Å²) in [6.45, 7) is 1.71. The van der Waals surface area contributed by atoms with Crippen molar-refractivity contribution < 1.29 is 4.74 Å². The molecule has 3 rings (SSSR count). The van der Waals surface area contributed by atoms with E-state index >= 15 is 0 Å². The van der Waals surface area contributed by atoms with Gasteiger partial charge in [0, 0.05) is 45.7 Å². The fourth-order valence-corrected chi connectivity index (χ4v) is 2.45. The molecule has 1 unspecified atom stereocenters. The predicted molar refractivity (Wildman–Crippen MR) is 81.8 cm³/mol. The molecule has 0 radical (unpaired) electrons. The average molecular weight is 285 g/mol. The second-order valence-corrected chi connectivity index (χ2v) is 5.24. The molecule has 0 spiro atoms. The number of hydrogen-bond acceptors (Lipinski definition) is 6. The van der Waals surface area contributed by atoms with Crippen molar-refractivity contribution in [2.45, 2.75) is 12.5 Å². The molecule has 0 bridgehead atoms. The molecule has 1 atom stereocenters. The van der Waals surface area contributed by atoms with E-state index in [4.69, 9.17) is 4.74 Å². The Balaban J connectivity index is 1.68. The van der Waals surface area contributed by atoms with Crippen LogP contribution < -0.4 is 14.5 Å². The molecular weight excluding hydrogens is 266 g/mol. The summed E-state index contributed by atoms with van der Waals surface area (Å²) in [7, 11) is 3.93. The third kappa shape index (κ3) is 3.04. The highest BCUT2D eigenvalue weighted by Crippen LogP contribution is 2.27. The minimum Gasteiger partial charge on any atom is -0.485 e. The first-order valence-electron chi connectivity index (χ1n) is 7.05. The zero-order valence-electron chi connectivity index (χ0n) is 12.3. The molecule has 1 aliphatic rings. The minimum atomic E-state index is 0.136. The molecule has 0 saturated carbocycles. The topological polar surface area (TPSA) is 54.4 Å². The molecule has 21 heavy (non-hydrogen) atoms. The van der Waals surface area contributed by atoms with E-state index in [2.05, 4.69) is 19.9 Å². The molecule has 0 aliphatic carbocycles. The van der Waals surface area contributed by atoms with Gasteiger partial charge >= 0.3 is 0 Å². The van der Waals surface area contributed by atoms with E-state index in [1.807, 2.05) is 37.2 Å². The van der Waals surface area contributed by atoms with Crippen LogP contribution in [0.3, 0.4) is 0 Å². The number of pyridine rings is 1. The van der Waals surface area contributed by atoms with Gasteiger partial charge in [-0.3, -0.25) is 0 Å². The van der Waals surface area contributed by atoms with E-state index in [0.717, 1.165) is 37.0 Å². The lowest BCUT2D eigenvalue weighted by atomic mass is 10.3. The van der Waals surface area contributed by atoms with E-state index in [-0.39, 0.29) is 6.10 Å². The summed E-state index contributed by atoms with van der Waals surface area (Å²) < 4.78 is 6.12. The van der Waals surface area contributed by atoms with E-state index < -0.39 is 0 Å². The lowest BCUT2D eigenvalue weighted by Gasteiger charge is -2.20. The molecule has 6 heteroatoms. The van der Waals surface area contributed by atoms with Crippen LogP contribution in [0.15, 0.2) is 36.8 Å². The van der Waals surface area contributed by atoms with Crippen LogP contribution in [0.25, 0.3) is 0 Å². The lowest BCUT2D eigenvalue weighted by Crippen LogP contribution is -2.26. The van der Waals surface area contributed by atoms with Gasteiger partial charge in [-0.1, -0.05) is 0 Å². The number of anilines is 2. The van der Waals surface area contributed by atoms with Crippen molar-refractivity contribution >= 4 is 11.8 Å². The van der Waals surface area contributed by atoms with Crippen molar-refractivity contribution in [3.63, 3.8) is 0 Å². The molecule has 1 fully saturated rings. The van der Waals surface area contributed by atoms with Crippen molar-refractivity contribution in [1.82, 2.24) is 15.0 Å². The smallest absolute Gasteiger partial charge is 0.225 e. The summed E-state index contributed by atoms with van der Waals surface area (Å²) in [5, 5.41) is 0. The fraction of sp³-hybridized carbons (Fsp3) is 0.400. The summed E-state index contributed by atoms with van der Waals surface area (Å²) in [5.41, 5.74) is 0. The standard InChI is InChI=1S/C15H19N5O/c1-19(2)14-13(5-3-7-16-14)21-12-6-10-20(11-12)15-17-8-4-9-18-15/h3-5,7-9,12H,6,10-11H2,1-2H3. The molecule has 0 amide bonds. The first-order chi connectivity index (χ1) is 10.2. The van der Waals surface area contributed by atoms with Crippen LogP contribution in [0.5, 0.6) is 5.75 Å². The maximum atomic E-state index is 6.12. The second kappa shape index (κ2) is 5.95. The molecule has 0 aromatic carbocycles. The second-order valence-electron chi connectivity index (χ2n) is 5.24. The van der Waals surface area contributed by atoms with Gasteiger partial charge in [0.05, 0.1) is 6.54 Å². The van der Waals surface area contributed by atoms with Crippen LogP contribution in [0.2, 0.25) is 0 Å². The van der Waals surface area contributed by atoms with Gasteiger partial charge in [-0.15, -0.1) is 0 Å². The molecule has 110 valence electrons. The van der Waals surface area contributed by atoms with Gasteiger partial charge in [0.25, 0.3) is 0 Å². The molecule has 1 aliphatic heterocycles. The highest BCUT2D eigenvalue weighted by atomic mass is 16.5. The molecule has 2 aromatic rings. The van der Waals surface area contributed by atoms with Crippen LogP contribution >= 0.6 is 0 Å². The van der Waals surface area contributed by atoms with E-state index in [0.29, 0.717) is 0 Å². The van der Waals surface area contributed by atoms with Gasteiger partial charge in [0.1, 0.15) is 6.10 Å². The Labute approximate surface area is 124 Å².